The number of carbonyl (C=O) groups excluding carboxylic acids is 3. The number of pyridine rings is 1. The lowest BCUT2D eigenvalue weighted by molar-refractivity contribution is 0.0377. The van der Waals surface area contributed by atoms with Gasteiger partial charge in [0.2, 0.25) is 5.88 Å². The van der Waals surface area contributed by atoms with Gasteiger partial charge in [-0.2, -0.15) is 0 Å². The summed E-state index contributed by atoms with van der Waals surface area (Å²) >= 11 is 0. The van der Waals surface area contributed by atoms with Crippen molar-refractivity contribution in [2.24, 2.45) is 0 Å². The summed E-state index contributed by atoms with van der Waals surface area (Å²) in [7, 11) is 0. The predicted molar refractivity (Wildman–Crippen MR) is 150 cm³/mol. The maximum absolute atomic E-state index is 13.2. The van der Waals surface area contributed by atoms with Crippen LogP contribution in [0.1, 0.15) is 72.7 Å². The Morgan fingerprint density at radius 1 is 0.718 bits per heavy atom. The summed E-state index contributed by atoms with van der Waals surface area (Å²) in [6.45, 7) is 10.8. The first-order valence-corrected chi connectivity index (χ1v) is 12.6. The first-order chi connectivity index (χ1) is 18.4. The number of ether oxygens (including phenoxy) is 3. The Labute approximate surface area is 227 Å². The van der Waals surface area contributed by atoms with E-state index >= 15 is 0 Å². The number of hydrogen-bond donors (Lipinski definition) is 3. The van der Waals surface area contributed by atoms with Gasteiger partial charge in [-0.25, -0.2) is 9.78 Å². The second-order valence-corrected chi connectivity index (χ2v) is 9.58. The van der Waals surface area contributed by atoms with Gasteiger partial charge in [-0.05, 0) is 96.1 Å². The lowest BCUT2D eigenvalue weighted by Gasteiger charge is -2.17. The second-order valence-electron chi connectivity index (χ2n) is 9.58. The Morgan fingerprint density at radius 3 is 1.92 bits per heavy atom. The van der Waals surface area contributed by atoms with Crippen molar-refractivity contribution < 1.29 is 28.6 Å². The minimum atomic E-state index is -0.536. The van der Waals surface area contributed by atoms with Crippen molar-refractivity contribution in [3.05, 3.63) is 71.4 Å². The van der Waals surface area contributed by atoms with E-state index in [4.69, 9.17) is 19.9 Å². The highest BCUT2D eigenvalue weighted by Gasteiger charge is 2.19. The van der Waals surface area contributed by atoms with Gasteiger partial charge < -0.3 is 30.6 Å². The summed E-state index contributed by atoms with van der Waals surface area (Å²) in [5, 5.41) is 5.54. The lowest BCUT2D eigenvalue weighted by atomic mass is 10.1. The minimum Gasteiger partial charge on any atom is -0.489 e. The molecule has 0 radical (unpaired) electrons. The largest absolute Gasteiger partial charge is 0.489 e. The average molecular weight is 535 g/mol. The molecule has 3 aromatic rings. The SMILES string of the molecule is CC(C)OC(=O)c1ccc(NC(=O)c2ccc(NC(=O)c3ccc(N)cc3)c(OC(C)C)n2)c(OC(C)C)c1. The fourth-order valence-electron chi connectivity index (χ4n) is 3.38. The number of benzene rings is 2. The summed E-state index contributed by atoms with van der Waals surface area (Å²) in [5.74, 6) is -1.01. The number of anilines is 3. The van der Waals surface area contributed by atoms with Crippen LogP contribution in [0.3, 0.4) is 0 Å². The van der Waals surface area contributed by atoms with Crippen LogP contribution in [0.2, 0.25) is 0 Å². The molecule has 0 unspecified atom stereocenters. The highest BCUT2D eigenvalue weighted by Crippen LogP contribution is 2.29. The number of hydrogen-bond acceptors (Lipinski definition) is 8. The summed E-state index contributed by atoms with van der Waals surface area (Å²) < 4.78 is 16.9. The van der Waals surface area contributed by atoms with Crippen LogP contribution in [0.15, 0.2) is 54.6 Å². The van der Waals surface area contributed by atoms with E-state index in [-0.39, 0.29) is 35.8 Å². The van der Waals surface area contributed by atoms with Crippen LogP contribution in [0.5, 0.6) is 11.6 Å². The van der Waals surface area contributed by atoms with Gasteiger partial charge in [0, 0.05) is 11.3 Å². The quantitative estimate of drug-likeness (QED) is 0.235. The molecular weight excluding hydrogens is 500 g/mol. The molecule has 206 valence electrons. The van der Waals surface area contributed by atoms with E-state index in [1.165, 1.54) is 12.1 Å². The molecule has 0 spiro atoms. The Morgan fingerprint density at radius 2 is 1.31 bits per heavy atom. The molecule has 39 heavy (non-hydrogen) atoms. The smallest absolute Gasteiger partial charge is 0.338 e. The van der Waals surface area contributed by atoms with Gasteiger partial charge in [0.15, 0.2) is 0 Å². The molecule has 0 aliphatic carbocycles. The van der Waals surface area contributed by atoms with E-state index in [9.17, 15) is 14.4 Å². The third-order valence-corrected chi connectivity index (χ3v) is 5.03. The molecule has 0 atom stereocenters. The van der Waals surface area contributed by atoms with Crippen LogP contribution in [0, 0.1) is 0 Å². The summed E-state index contributed by atoms with van der Waals surface area (Å²) in [5.41, 5.74) is 7.65. The standard InChI is InChI=1S/C29H34N4O6/c1-16(2)37-25-15-20(29(36)39-18(5)6)9-12-22(25)31-27(35)23-13-14-24(28(33-23)38-17(3)4)32-26(34)19-7-10-21(30)11-8-19/h7-18H,30H2,1-6H3,(H,31,35)(H,32,34). The van der Waals surface area contributed by atoms with E-state index in [2.05, 4.69) is 15.6 Å². The molecule has 0 fully saturated rings. The van der Waals surface area contributed by atoms with Crippen molar-refractivity contribution in [2.75, 3.05) is 16.4 Å². The molecule has 2 aromatic carbocycles. The zero-order valence-corrected chi connectivity index (χ0v) is 22.9. The van der Waals surface area contributed by atoms with Crippen LogP contribution >= 0.6 is 0 Å². The molecule has 3 rings (SSSR count). The van der Waals surface area contributed by atoms with Crippen molar-refractivity contribution in [1.82, 2.24) is 4.98 Å². The van der Waals surface area contributed by atoms with Crippen molar-refractivity contribution in [1.29, 1.82) is 0 Å². The predicted octanol–water partition coefficient (Wildman–Crippen LogP) is 5.31. The van der Waals surface area contributed by atoms with Crippen LogP contribution in [0.4, 0.5) is 17.1 Å². The molecule has 10 heteroatoms. The number of carbonyl (C=O) groups is 3. The molecule has 4 N–H and O–H groups in total. The van der Waals surface area contributed by atoms with E-state index in [1.807, 2.05) is 13.8 Å². The Bertz CT molecular complexity index is 1340. The van der Waals surface area contributed by atoms with Crippen LogP contribution in [0.25, 0.3) is 0 Å². The van der Waals surface area contributed by atoms with Crippen molar-refractivity contribution in [3.8, 4) is 11.6 Å². The van der Waals surface area contributed by atoms with E-state index in [0.29, 0.717) is 33.9 Å². The molecule has 0 aliphatic heterocycles. The Hall–Kier alpha value is -4.60. The highest BCUT2D eigenvalue weighted by molar-refractivity contribution is 6.06. The number of esters is 1. The lowest BCUT2D eigenvalue weighted by Crippen LogP contribution is -2.19. The van der Waals surface area contributed by atoms with Crippen LogP contribution in [-0.2, 0) is 4.74 Å². The van der Waals surface area contributed by atoms with Gasteiger partial charge in [-0.3, -0.25) is 9.59 Å². The first kappa shape index (κ1) is 29.0. The van der Waals surface area contributed by atoms with Crippen molar-refractivity contribution in [3.63, 3.8) is 0 Å². The third-order valence-electron chi connectivity index (χ3n) is 5.03. The van der Waals surface area contributed by atoms with E-state index < -0.39 is 11.9 Å². The normalized spacial score (nSPS) is 10.9. The van der Waals surface area contributed by atoms with Gasteiger partial charge in [-0.15, -0.1) is 0 Å². The topological polar surface area (TPSA) is 142 Å². The number of nitrogen functional groups attached to an aromatic ring is 1. The average Bonchev–Trinajstić information content (AvgIpc) is 2.85. The number of nitrogens with zero attached hydrogens (tertiary/aromatic N) is 1. The Kier molecular flexibility index (Phi) is 9.48. The Balaban J connectivity index is 1.86. The number of rotatable bonds is 10. The first-order valence-electron chi connectivity index (χ1n) is 12.6. The van der Waals surface area contributed by atoms with Gasteiger partial charge in [0.25, 0.3) is 11.8 Å². The molecule has 2 amide bonds. The van der Waals surface area contributed by atoms with Gasteiger partial charge in [0.1, 0.15) is 17.1 Å². The number of nitrogens with two attached hydrogens (primary N) is 1. The van der Waals surface area contributed by atoms with E-state index in [0.717, 1.165) is 0 Å². The number of aromatic nitrogens is 1. The minimum absolute atomic E-state index is 0.0509. The zero-order valence-electron chi connectivity index (χ0n) is 22.9. The molecular formula is C29H34N4O6. The molecule has 10 nitrogen and oxygen atoms in total. The molecule has 1 heterocycles. The summed E-state index contributed by atoms with van der Waals surface area (Å²) in [6, 6.07) is 14.1. The molecule has 0 aliphatic rings. The number of amides is 2. The molecule has 0 bridgehead atoms. The fraction of sp³-hybridized carbons (Fsp3) is 0.310. The van der Waals surface area contributed by atoms with Crippen LogP contribution < -0.4 is 25.8 Å². The van der Waals surface area contributed by atoms with Gasteiger partial charge in [-0.1, -0.05) is 0 Å². The maximum atomic E-state index is 13.2. The second kappa shape index (κ2) is 12.8. The van der Waals surface area contributed by atoms with Crippen molar-refractivity contribution >= 4 is 34.8 Å². The zero-order chi connectivity index (χ0) is 28.7. The third kappa shape index (κ3) is 8.19. The maximum Gasteiger partial charge on any atom is 0.338 e. The summed E-state index contributed by atoms with van der Waals surface area (Å²) in [6.07, 6.45) is -0.767. The number of nitrogens with one attached hydrogen (secondary N) is 2. The monoisotopic (exact) mass is 534 g/mol. The van der Waals surface area contributed by atoms with Crippen molar-refractivity contribution in [2.45, 2.75) is 59.9 Å². The summed E-state index contributed by atoms with van der Waals surface area (Å²) in [4.78, 5) is 42.6. The van der Waals surface area contributed by atoms with Gasteiger partial charge in [0.05, 0.1) is 29.6 Å². The molecule has 0 saturated heterocycles. The van der Waals surface area contributed by atoms with Crippen LogP contribution in [-0.4, -0.2) is 41.1 Å². The molecule has 1 aromatic heterocycles. The van der Waals surface area contributed by atoms with Gasteiger partial charge >= 0.3 is 5.97 Å². The highest BCUT2D eigenvalue weighted by atomic mass is 16.5. The molecule has 0 saturated carbocycles. The fourth-order valence-corrected chi connectivity index (χ4v) is 3.38. The van der Waals surface area contributed by atoms with E-state index in [1.54, 1.807) is 70.2 Å².